The van der Waals surface area contributed by atoms with Gasteiger partial charge in [-0.1, -0.05) is 0 Å². The second-order valence-corrected chi connectivity index (χ2v) is 5.92. The van der Waals surface area contributed by atoms with Crippen LogP contribution in [0.1, 0.15) is 46.4 Å². The van der Waals surface area contributed by atoms with Crippen molar-refractivity contribution in [1.82, 2.24) is 19.8 Å². The molecule has 1 rings (SSSR count). The van der Waals surface area contributed by atoms with E-state index in [1.54, 1.807) is 11.2 Å². The molecule has 5 heteroatoms. The first-order chi connectivity index (χ1) is 8.76. The van der Waals surface area contributed by atoms with Gasteiger partial charge >= 0.3 is 0 Å². The van der Waals surface area contributed by atoms with Gasteiger partial charge in [0.05, 0.1) is 12.0 Å². The standard InChI is InChI=1S/C14H26N4O/c1-7-17(6)13(19)11(2)18-10-15-8-12(18)9-16-14(3,4)5/h8,10-11,16H,7,9H2,1-6H3. The van der Waals surface area contributed by atoms with Crippen molar-refractivity contribution < 1.29 is 4.79 Å². The van der Waals surface area contributed by atoms with Crippen molar-refractivity contribution in [3.05, 3.63) is 18.2 Å². The van der Waals surface area contributed by atoms with E-state index in [1.165, 1.54) is 0 Å². The molecule has 0 aromatic carbocycles. The van der Waals surface area contributed by atoms with Gasteiger partial charge in [0, 0.05) is 31.9 Å². The van der Waals surface area contributed by atoms with Crippen molar-refractivity contribution in [3.63, 3.8) is 0 Å². The Morgan fingerprint density at radius 3 is 2.68 bits per heavy atom. The molecule has 5 nitrogen and oxygen atoms in total. The van der Waals surface area contributed by atoms with E-state index in [2.05, 4.69) is 31.1 Å². The zero-order valence-electron chi connectivity index (χ0n) is 12.9. The third-order valence-corrected chi connectivity index (χ3v) is 3.17. The van der Waals surface area contributed by atoms with Crippen LogP contribution in [0, 0.1) is 0 Å². The Labute approximate surface area is 116 Å². The third kappa shape index (κ3) is 4.35. The van der Waals surface area contributed by atoms with Gasteiger partial charge in [-0.25, -0.2) is 4.98 Å². The number of nitrogens with zero attached hydrogens (tertiary/aromatic N) is 3. The molecule has 1 atom stereocenters. The van der Waals surface area contributed by atoms with Crippen molar-refractivity contribution in [2.45, 2.75) is 52.7 Å². The Balaban J connectivity index is 2.79. The molecule has 0 aliphatic carbocycles. The number of aromatic nitrogens is 2. The van der Waals surface area contributed by atoms with E-state index in [0.29, 0.717) is 13.1 Å². The Bertz CT molecular complexity index is 419. The van der Waals surface area contributed by atoms with Gasteiger partial charge in [0.1, 0.15) is 6.04 Å². The van der Waals surface area contributed by atoms with Gasteiger partial charge in [-0.15, -0.1) is 0 Å². The smallest absolute Gasteiger partial charge is 0.245 e. The molecule has 0 aliphatic heterocycles. The zero-order valence-corrected chi connectivity index (χ0v) is 12.9. The van der Waals surface area contributed by atoms with Crippen LogP contribution in [0.2, 0.25) is 0 Å². The summed E-state index contributed by atoms with van der Waals surface area (Å²) in [6.07, 6.45) is 3.54. The lowest BCUT2D eigenvalue weighted by molar-refractivity contribution is -0.132. The molecule has 0 spiro atoms. The molecule has 1 heterocycles. The number of amides is 1. The van der Waals surface area contributed by atoms with Crippen molar-refractivity contribution in [2.75, 3.05) is 13.6 Å². The van der Waals surface area contributed by atoms with Gasteiger partial charge in [0.15, 0.2) is 0 Å². The third-order valence-electron chi connectivity index (χ3n) is 3.17. The summed E-state index contributed by atoms with van der Waals surface area (Å²) in [6, 6.07) is -0.218. The molecule has 0 radical (unpaired) electrons. The summed E-state index contributed by atoms with van der Waals surface area (Å²) < 4.78 is 1.94. The van der Waals surface area contributed by atoms with E-state index in [-0.39, 0.29) is 17.5 Å². The first-order valence-corrected chi connectivity index (χ1v) is 6.77. The van der Waals surface area contributed by atoms with Crippen LogP contribution in [0.25, 0.3) is 0 Å². The Hall–Kier alpha value is -1.36. The fourth-order valence-electron chi connectivity index (χ4n) is 1.77. The quantitative estimate of drug-likeness (QED) is 0.884. The minimum atomic E-state index is -0.218. The number of rotatable bonds is 5. The number of hydrogen-bond donors (Lipinski definition) is 1. The molecule has 1 N–H and O–H groups in total. The molecular weight excluding hydrogens is 240 g/mol. The second kappa shape index (κ2) is 6.19. The summed E-state index contributed by atoms with van der Waals surface area (Å²) in [6.45, 7) is 11.7. The summed E-state index contributed by atoms with van der Waals surface area (Å²) in [4.78, 5) is 18.1. The Morgan fingerprint density at radius 2 is 2.16 bits per heavy atom. The molecule has 1 aromatic rings. The van der Waals surface area contributed by atoms with E-state index in [4.69, 9.17) is 0 Å². The minimum Gasteiger partial charge on any atom is -0.344 e. The van der Waals surface area contributed by atoms with Crippen LogP contribution in [0.3, 0.4) is 0 Å². The molecular formula is C14H26N4O. The fraction of sp³-hybridized carbons (Fsp3) is 0.714. The highest BCUT2D eigenvalue weighted by atomic mass is 16.2. The molecule has 1 amide bonds. The van der Waals surface area contributed by atoms with E-state index >= 15 is 0 Å². The molecule has 19 heavy (non-hydrogen) atoms. The predicted octanol–water partition coefficient (Wildman–Crippen LogP) is 1.81. The Kier molecular flexibility index (Phi) is 5.11. The molecule has 1 aromatic heterocycles. The van der Waals surface area contributed by atoms with Crippen molar-refractivity contribution in [3.8, 4) is 0 Å². The number of carbonyl (C=O) groups is 1. The molecule has 0 bridgehead atoms. The van der Waals surface area contributed by atoms with Gasteiger partial charge < -0.3 is 14.8 Å². The summed E-state index contributed by atoms with van der Waals surface area (Å²) in [7, 11) is 1.82. The lowest BCUT2D eigenvalue weighted by Gasteiger charge is -2.24. The van der Waals surface area contributed by atoms with Gasteiger partial charge in [0.25, 0.3) is 0 Å². The molecule has 108 valence electrons. The van der Waals surface area contributed by atoms with Crippen molar-refractivity contribution in [2.24, 2.45) is 0 Å². The predicted molar refractivity (Wildman–Crippen MR) is 76.8 cm³/mol. The highest BCUT2D eigenvalue weighted by Crippen LogP contribution is 2.13. The molecule has 0 saturated carbocycles. The zero-order chi connectivity index (χ0) is 14.6. The maximum Gasteiger partial charge on any atom is 0.245 e. The normalized spacial score (nSPS) is 13.4. The number of likely N-dealkylation sites (N-methyl/N-ethyl adjacent to an activating group) is 1. The van der Waals surface area contributed by atoms with Gasteiger partial charge in [-0.3, -0.25) is 4.79 Å². The summed E-state index contributed by atoms with van der Waals surface area (Å²) in [5.41, 5.74) is 1.07. The summed E-state index contributed by atoms with van der Waals surface area (Å²) in [5, 5.41) is 3.42. The Morgan fingerprint density at radius 1 is 1.53 bits per heavy atom. The number of imidazole rings is 1. The van der Waals surface area contributed by atoms with E-state index < -0.39 is 0 Å². The highest BCUT2D eigenvalue weighted by Gasteiger charge is 2.20. The summed E-state index contributed by atoms with van der Waals surface area (Å²) >= 11 is 0. The topological polar surface area (TPSA) is 50.2 Å². The van der Waals surface area contributed by atoms with E-state index in [1.807, 2.05) is 31.7 Å². The van der Waals surface area contributed by atoms with E-state index in [0.717, 1.165) is 5.69 Å². The average Bonchev–Trinajstić information content (AvgIpc) is 2.81. The monoisotopic (exact) mass is 266 g/mol. The van der Waals surface area contributed by atoms with Crippen molar-refractivity contribution >= 4 is 5.91 Å². The minimum absolute atomic E-state index is 0.0442. The second-order valence-electron chi connectivity index (χ2n) is 5.92. The van der Waals surface area contributed by atoms with Gasteiger partial charge in [-0.2, -0.15) is 0 Å². The van der Waals surface area contributed by atoms with Gasteiger partial charge in [-0.05, 0) is 34.6 Å². The van der Waals surface area contributed by atoms with Crippen LogP contribution in [-0.4, -0.2) is 39.5 Å². The maximum absolute atomic E-state index is 12.2. The van der Waals surface area contributed by atoms with Crippen LogP contribution in [0.4, 0.5) is 0 Å². The number of carbonyl (C=O) groups excluding carboxylic acids is 1. The number of nitrogens with one attached hydrogen (secondary N) is 1. The van der Waals surface area contributed by atoms with Crippen LogP contribution in [0.15, 0.2) is 12.5 Å². The van der Waals surface area contributed by atoms with E-state index in [9.17, 15) is 4.79 Å². The fourth-order valence-corrected chi connectivity index (χ4v) is 1.77. The first-order valence-electron chi connectivity index (χ1n) is 6.77. The number of hydrogen-bond acceptors (Lipinski definition) is 3. The average molecular weight is 266 g/mol. The SMILES string of the molecule is CCN(C)C(=O)C(C)n1cncc1CNC(C)(C)C. The summed E-state index contributed by atoms with van der Waals surface area (Å²) in [5.74, 6) is 0.109. The largest absolute Gasteiger partial charge is 0.344 e. The van der Waals surface area contributed by atoms with Crippen molar-refractivity contribution in [1.29, 1.82) is 0 Å². The lowest BCUT2D eigenvalue weighted by atomic mass is 10.1. The highest BCUT2D eigenvalue weighted by molar-refractivity contribution is 5.79. The molecule has 1 unspecified atom stereocenters. The van der Waals surface area contributed by atoms with Crippen LogP contribution in [0.5, 0.6) is 0 Å². The molecule has 0 fully saturated rings. The lowest BCUT2D eigenvalue weighted by Crippen LogP contribution is -2.37. The van der Waals surface area contributed by atoms with Crippen LogP contribution < -0.4 is 5.32 Å². The van der Waals surface area contributed by atoms with Gasteiger partial charge in [0.2, 0.25) is 5.91 Å². The molecule has 0 aliphatic rings. The maximum atomic E-state index is 12.2. The van der Waals surface area contributed by atoms with Crippen LogP contribution >= 0.6 is 0 Å². The first kappa shape index (κ1) is 15.7. The van der Waals surface area contributed by atoms with Crippen LogP contribution in [-0.2, 0) is 11.3 Å². The molecule has 0 saturated heterocycles.